The molecule has 2 aromatic carbocycles. The molecule has 0 atom stereocenters. The first-order chi connectivity index (χ1) is 27.4. The van der Waals surface area contributed by atoms with Crippen LogP contribution in [0.5, 0.6) is 0 Å². The van der Waals surface area contributed by atoms with Gasteiger partial charge >= 0.3 is 0 Å². The molecule has 1 heterocycles. The molecule has 3 aromatic rings. The molecule has 3 fully saturated rings. The number of aliphatic hydroxyl groups is 1. The fourth-order valence-corrected chi connectivity index (χ4v) is 11.8. The van der Waals surface area contributed by atoms with Crippen LogP contribution in [-0.4, -0.2) is 15.9 Å². The Morgan fingerprint density at radius 1 is 0.729 bits per heavy atom. The number of aliphatic hydroxyl groups excluding tert-OH is 1. The Hall–Kier alpha value is -2.29. The van der Waals surface area contributed by atoms with Gasteiger partial charge in [0.25, 0.3) is 0 Å². The van der Waals surface area contributed by atoms with Crippen LogP contribution in [0.1, 0.15) is 189 Å². The number of carbonyl (C=O) groups is 1. The summed E-state index contributed by atoms with van der Waals surface area (Å²) < 4.78 is 0. The van der Waals surface area contributed by atoms with E-state index in [1.54, 1.807) is 5.56 Å². The second-order valence-electron chi connectivity index (χ2n) is 21.6. The molecular formula is C55H82IrNO2-. The van der Waals surface area contributed by atoms with Gasteiger partial charge in [-0.1, -0.05) is 101 Å². The van der Waals surface area contributed by atoms with Crippen LogP contribution in [-0.2, 0) is 30.3 Å². The van der Waals surface area contributed by atoms with Crippen LogP contribution in [0.15, 0.2) is 54.4 Å². The van der Waals surface area contributed by atoms with Crippen molar-refractivity contribution in [1.29, 1.82) is 0 Å². The molecule has 1 radical (unpaired) electrons. The zero-order chi connectivity index (χ0) is 42.5. The summed E-state index contributed by atoms with van der Waals surface area (Å²) in [4.78, 5) is 16.7. The van der Waals surface area contributed by atoms with Crippen molar-refractivity contribution < 1.29 is 30.0 Å². The topological polar surface area (TPSA) is 50.2 Å². The maximum absolute atomic E-state index is 11.7. The van der Waals surface area contributed by atoms with Crippen LogP contribution in [0.2, 0.25) is 0 Å². The number of benzene rings is 2. The molecule has 0 spiro atoms. The number of carbonyl (C=O) groups excluding carboxylic acids is 1. The number of rotatable bonds is 12. The first-order valence-corrected chi connectivity index (χ1v) is 23.7. The van der Waals surface area contributed by atoms with Gasteiger partial charge in [-0.3, -0.25) is 4.79 Å². The third kappa shape index (κ3) is 11.8. The second kappa shape index (κ2) is 20.7. The molecule has 0 unspecified atom stereocenters. The predicted octanol–water partition coefficient (Wildman–Crippen LogP) is 16.1. The fraction of sp³-hybridized carbons (Fsp3) is 0.673. The quantitative estimate of drug-likeness (QED) is 0.112. The van der Waals surface area contributed by atoms with Crippen molar-refractivity contribution in [2.24, 2.45) is 45.8 Å². The van der Waals surface area contributed by atoms with E-state index in [1.807, 2.05) is 33.9 Å². The molecule has 4 heteroatoms. The van der Waals surface area contributed by atoms with Gasteiger partial charge in [-0.25, -0.2) is 0 Å². The minimum Gasteiger partial charge on any atom is -0.512 e. The van der Waals surface area contributed by atoms with Gasteiger partial charge in [0.15, 0.2) is 5.78 Å². The molecule has 0 amide bonds. The van der Waals surface area contributed by atoms with E-state index in [2.05, 4.69) is 97.9 Å². The standard InChI is InChI=1S/C42H58N.C13H24O2.Ir/c1-29-25-30(2)27-32(26-29)38-37-10-9-36(28-31(37)17-24-43-38)42(33-11-18-39(3,4)19-12-33,34-13-20-40(5,6)21-14-34)35-15-22-41(7,8)23-16-35;1-5-10(6-2)12(14)9-13(15)11(7-3)8-4;/h9-10,17,24-26,28,33-35H,11-16,18-23H2,1-8H3;9-11,14H,5-8H2,1-4H3;/q-1;;/b;12-9-;. The second-order valence-corrected chi connectivity index (χ2v) is 21.6. The van der Waals surface area contributed by atoms with Crippen molar-refractivity contribution in [3.05, 3.63) is 77.2 Å². The fourth-order valence-electron chi connectivity index (χ4n) is 11.8. The Labute approximate surface area is 375 Å². The van der Waals surface area contributed by atoms with Crippen molar-refractivity contribution in [1.82, 2.24) is 4.98 Å². The Morgan fingerprint density at radius 3 is 1.61 bits per heavy atom. The van der Waals surface area contributed by atoms with Crippen molar-refractivity contribution in [3.63, 3.8) is 0 Å². The smallest absolute Gasteiger partial charge is 0.162 e. The van der Waals surface area contributed by atoms with E-state index in [0.717, 1.165) is 54.7 Å². The minimum atomic E-state index is 0. The normalized spacial score (nSPS) is 20.3. The van der Waals surface area contributed by atoms with Gasteiger partial charge in [-0.05, 0) is 165 Å². The van der Waals surface area contributed by atoms with Crippen molar-refractivity contribution >= 4 is 16.6 Å². The third-order valence-electron chi connectivity index (χ3n) is 15.8. The summed E-state index contributed by atoms with van der Waals surface area (Å²) in [5.41, 5.74) is 8.06. The number of allylic oxidation sites excluding steroid dienone is 2. The Morgan fingerprint density at radius 2 is 1.19 bits per heavy atom. The maximum atomic E-state index is 11.7. The number of nitrogens with zero attached hydrogens (tertiary/aromatic N) is 1. The summed E-state index contributed by atoms with van der Waals surface area (Å²) in [7, 11) is 0. The average molecular weight is 981 g/mol. The molecule has 3 aliphatic carbocycles. The summed E-state index contributed by atoms with van der Waals surface area (Å²) in [5, 5.41) is 12.4. The number of hydrogen-bond acceptors (Lipinski definition) is 3. The van der Waals surface area contributed by atoms with E-state index < -0.39 is 0 Å². The van der Waals surface area contributed by atoms with Gasteiger partial charge in [0.05, 0.1) is 5.76 Å². The zero-order valence-electron chi connectivity index (χ0n) is 39.5. The Bertz CT molecular complexity index is 1740. The number of aromatic nitrogens is 1. The molecule has 1 N–H and O–H groups in total. The summed E-state index contributed by atoms with van der Waals surface area (Å²) in [6, 6.07) is 18.1. The van der Waals surface area contributed by atoms with E-state index >= 15 is 0 Å². The Balaban J connectivity index is 0.000000411. The molecule has 3 aliphatic rings. The van der Waals surface area contributed by atoms with Gasteiger partial charge in [0.1, 0.15) is 0 Å². The molecule has 0 bridgehead atoms. The number of pyridine rings is 1. The SMILES string of the molecule is CCC(CC)C(=O)/C=C(\O)C(CC)CC.Cc1[c-]c(-c2nccc3cc(C(C4CCC(C)(C)CC4)(C4CCC(C)(C)CC4)C4CCC(C)(C)CC4)ccc23)cc(C)c1.[Ir]. The number of aryl methyl sites for hydroxylation is 2. The molecule has 3 nitrogen and oxygen atoms in total. The predicted molar refractivity (Wildman–Crippen MR) is 248 cm³/mol. The Kier molecular flexibility index (Phi) is 17.3. The van der Waals surface area contributed by atoms with Crippen LogP contribution < -0.4 is 0 Å². The van der Waals surface area contributed by atoms with Crippen LogP contribution >= 0.6 is 0 Å². The number of fused-ring (bicyclic) bond motifs is 1. The largest absolute Gasteiger partial charge is 0.512 e. The van der Waals surface area contributed by atoms with Gasteiger partial charge in [-0.2, -0.15) is 0 Å². The van der Waals surface area contributed by atoms with E-state index in [4.69, 9.17) is 4.98 Å². The van der Waals surface area contributed by atoms with Crippen LogP contribution in [0.25, 0.3) is 22.0 Å². The van der Waals surface area contributed by atoms with Crippen LogP contribution in [0, 0.1) is 65.7 Å². The minimum absolute atomic E-state index is 0. The summed E-state index contributed by atoms with van der Waals surface area (Å²) in [5.74, 6) is 2.89. The van der Waals surface area contributed by atoms with Gasteiger partial charge in [-0.15, -0.1) is 34.9 Å². The number of hydrogen-bond donors (Lipinski definition) is 1. The monoisotopic (exact) mass is 982 g/mol. The van der Waals surface area contributed by atoms with E-state index in [0.29, 0.717) is 16.2 Å². The molecule has 3 saturated carbocycles. The molecule has 6 rings (SSSR count). The maximum Gasteiger partial charge on any atom is 0.162 e. The zero-order valence-corrected chi connectivity index (χ0v) is 41.9. The van der Waals surface area contributed by atoms with Crippen LogP contribution in [0.4, 0.5) is 0 Å². The van der Waals surface area contributed by atoms with Crippen LogP contribution in [0.3, 0.4) is 0 Å². The van der Waals surface area contributed by atoms with Gasteiger partial charge < -0.3 is 10.1 Å². The molecule has 0 aliphatic heterocycles. The van der Waals surface area contributed by atoms with E-state index in [-0.39, 0.29) is 48.9 Å². The average Bonchev–Trinajstić information content (AvgIpc) is 3.17. The molecule has 329 valence electrons. The molecule has 0 saturated heterocycles. The first kappa shape index (κ1) is 49.4. The summed E-state index contributed by atoms with van der Waals surface area (Å²) >= 11 is 0. The first-order valence-electron chi connectivity index (χ1n) is 23.7. The summed E-state index contributed by atoms with van der Waals surface area (Å²) in [6.07, 6.45) is 23.6. The van der Waals surface area contributed by atoms with Crippen molar-refractivity contribution in [3.8, 4) is 11.3 Å². The number of ketones is 1. The molecular weight excluding hydrogens is 899 g/mol. The summed E-state index contributed by atoms with van der Waals surface area (Å²) in [6.45, 7) is 27.5. The third-order valence-corrected chi connectivity index (χ3v) is 15.8. The van der Waals surface area contributed by atoms with Crippen molar-refractivity contribution in [2.45, 2.75) is 191 Å². The molecule has 59 heavy (non-hydrogen) atoms. The van der Waals surface area contributed by atoms with Gasteiger partial charge in [0.2, 0.25) is 0 Å². The van der Waals surface area contributed by atoms with E-state index in [1.165, 1.54) is 105 Å². The van der Waals surface area contributed by atoms with Crippen molar-refractivity contribution in [2.75, 3.05) is 0 Å². The van der Waals surface area contributed by atoms with Gasteiger partial charge in [0, 0.05) is 49.6 Å². The van der Waals surface area contributed by atoms with E-state index in [9.17, 15) is 9.90 Å². The molecule has 1 aromatic heterocycles.